The predicted molar refractivity (Wildman–Crippen MR) is 85.7 cm³/mol. The van der Waals surface area contributed by atoms with Crippen LogP contribution >= 0.6 is 11.6 Å². The normalized spacial score (nSPS) is 11.1. The van der Waals surface area contributed by atoms with Gasteiger partial charge in [-0.2, -0.15) is 0 Å². The Morgan fingerprint density at radius 2 is 1.73 bits per heavy atom. The number of rotatable bonds is 4. The van der Waals surface area contributed by atoms with Gasteiger partial charge in [0.2, 0.25) is 0 Å². The third kappa shape index (κ3) is 3.96. The Morgan fingerprint density at radius 3 is 2.32 bits per heavy atom. The van der Waals surface area contributed by atoms with E-state index >= 15 is 0 Å². The van der Waals surface area contributed by atoms with E-state index in [4.69, 9.17) is 11.6 Å². The summed E-state index contributed by atoms with van der Waals surface area (Å²) in [5.41, 5.74) is 1.68. The maximum absolute atomic E-state index is 12.1. The molecule has 0 unspecified atom stereocenters. The van der Waals surface area contributed by atoms with Gasteiger partial charge in [0.1, 0.15) is 5.70 Å². The average Bonchev–Trinajstić information content (AvgIpc) is 2.49. The molecule has 5 heteroatoms. The summed E-state index contributed by atoms with van der Waals surface area (Å²) >= 11 is 5.99. The molecule has 22 heavy (non-hydrogen) atoms. The number of carboxylic acids is 1. The number of nitrogens with one attached hydrogen (secondary N) is 1. The van der Waals surface area contributed by atoms with Crippen LogP contribution in [-0.2, 0) is 4.79 Å². The van der Waals surface area contributed by atoms with Crippen LogP contribution in [0.1, 0.15) is 21.5 Å². The van der Waals surface area contributed by atoms with E-state index in [1.54, 1.807) is 48.5 Å². The number of amides is 1. The number of carbonyl (C=O) groups is 2. The minimum Gasteiger partial charge on any atom is -0.477 e. The molecule has 2 aromatic carbocycles. The highest BCUT2D eigenvalue weighted by atomic mass is 35.5. The number of hydrogen-bond acceptors (Lipinski definition) is 2. The van der Waals surface area contributed by atoms with Crippen LogP contribution in [0.25, 0.3) is 6.08 Å². The molecule has 0 aromatic heterocycles. The Bertz CT molecular complexity index is 736. The van der Waals surface area contributed by atoms with Crippen LogP contribution in [0.3, 0.4) is 0 Å². The van der Waals surface area contributed by atoms with Crippen molar-refractivity contribution in [2.45, 2.75) is 6.92 Å². The lowest BCUT2D eigenvalue weighted by atomic mass is 10.1. The number of benzene rings is 2. The lowest BCUT2D eigenvalue weighted by Crippen LogP contribution is -2.27. The number of carbonyl (C=O) groups excluding carboxylic acids is 1. The Hall–Kier alpha value is -2.59. The first-order chi connectivity index (χ1) is 10.5. The van der Waals surface area contributed by atoms with Crippen LogP contribution in [0.15, 0.2) is 54.2 Å². The van der Waals surface area contributed by atoms with Gasteiger partial charge in [0.25, 0.3) is 5.91 Å². The smallest absolute Gasteiger partial charge is 0.352 e. The maximum Gasteiger partial charge on any atom is 0.352 e. The van der Waals surface area contributed by atoms with E-state index in [-0.39, 0.29) is 5.70 Å². The molecule has 0 aliphatic heterocycles. The van der Waals surface area contributed by atoms with Gasteiger partial charge in [0, 0.05) is 10.6 Å². The molecule has 4 nitrogen and oxygen atoms in total. The van der Waals surface area contributed by atoms with Crippen molar-refractivity contribution in [3.05, 3.63) is 75.9 Å². The lowest BCUT2D eigenvalue weighted by Gasteiger charge is -2.07. The van der Waals surface area contributed by atoms with Crippen molar-refractivity contribution < 1.29 is 14.7 Å². The average molecular weight is 316 g/mol. The summed E-state index contributed by atoms with van der Waals surface area (Å²) in [6, 6.07) is 13.6. The van der Waals surface area contributed by atoms with Crippen molar-refractivity contribution in [1.29, 1.82) is 0 Å². The molecule has 0 spiro atoms. The zero-order valence-corrected chi connectivity index (χ0v) is 12.6. The van der Waals surface area contributed by atoms with Crippen molar-refractivity contribution in [1.82, 2.24) is 5.32 Å². The van der Waals surface area contributed by atoms with Crippen LogP contribution in [0.5, 0.6) is 0 Å². The molecular weight excluding hydrogens is 302 g/mol. The first-order valence-electron chi connectivity index (χ1n) is 6.55. The minimum atomic E-state index is -1.24. The molecule has 0 saturated heterocycles. The molecule has 112 valence electrons. The second-order valence-corrected chi connectivity index (χ2v) is 5.11. The quantitative estimate of drug-likeness (QED) is 0.849. The van der Waals surface area contributed by atoms with Gasteiger partial charge in [-0.3, -0.25) is 4.79 Å². The fourth-order valence-electron chi connectivity index (χ4n) is 1.80. The molecule has 2 aromatic rings. The Labute approximate surface area is 133 Å². The van der Waals surface area contributed by atoms with Gasteiger partial charge in [-0.15, -0.1) is 0 Å². The summed E-state index contributed by atoms with van der Waals surface area (Å²) in [5, 5.41) is 12.0. The highest BCUT2D eigenvalue weighted by Crippen LogP contribution is 2.18. The molecule has 0 bridgehead atoms. The molecule has 0 heterocycles. The van der Waals surface area contributed by atoms with Crippen molar-refractivity contribution >= 4 is 29.6 Å². The van der Waals surface area contributed by atoms with E-state index in [2.05, 4.69) is 5.32 Å². The van der Waals surface area contributed by atoms with Gasteiger partial charge in [-0.25, -0.2) is 4.79 Å². The van der Waals surface area contributed by atoms with Crippen LogP contribution < -0.4 is 5.32 Å². The third-order valence-electron chi connectivity index (χ3n) is 3.00. The van der Waals surface area contributed by atoms with Crippen LogP contribution in [-0.4, -0.2) is 17.0 Å². The third-order valence-corrected chi connectivity index (χ3v) is 3.34. The van der Waals surface area contributed by atoms with Gasteiger partial charge in [-0.1, -0.05) is 47.5 Å². The van der Waals surface area contributed by atoms with Gasteiger partial charge in [0.05, 0.1) is 0 Å². The van der Waals surface area contributed by atoms with E-state index in [9.17, 15) is 14.7 Å². The summed E-state index contributed by atoms with van der Waals surface area (Å²) in [5.74, 6) is -1.72. The summed E-state index contributed by atoms with van der Waals surface area (Å²) in [6.45, 7) is 1.90. The molecule has 0 saturated carbocycles. The molecule has 1 amide bonds. The van der Waals surface area contributed by atoms with Crippen LogP contribution in [0.4, 0.5) is 0 Å². The topological polar surface area (TPSA) is 66.4 Å². The largest absolute Gasteiger partial charge is 0.477 e. The zero-order valence-electron chi connectivity index (χ0n) is 11.8. The SMILES string of the molecule is Cc1ccc(C(=O)NC(=Cc2ccccc2Cl)C(=O)O)cc1. The van der Waals surface area contributed by atoms with Gasteiger partial charge in [0.15, 0.2) is 0 Å². The van der Waals surface area contributed by atoms with E-state index in [1.165, 1.54) is 6.08 Å². The summed E-state index contributed by atoms with van der Waals surface area (Å²) in [7, 11) is 0. The van der Waals surface area contributed by atoms with E-state index in [0.29, 0.717) is 16.1 Å². The van der Waals surface area contributed by atoms with Crippen molar-refractivity contribution in [2.75, 3.05) is 0 Å². The number of aliphatic carboxylic acids is 1. The number of aryl methyl sites for hydroxylation is 1. The number of halogens is 1. The molecule has 0 aliphatic rings. The molecule has 0 atom stereocenters. The Balaban J connectivity index is 2.26. The van der Waals surface area contributed by atoms with Crippen molar-refractivity contribution in [3.8, 4) is 0 Å². The first-order valence-corrected chi connectivity index (χ1v) is 6.92. The van der Waals surface area contributed by atoms with E-state index in [1.807, 2.05) is 6.92 Å². The highest BCUT2D eigenvalue weighted by Gasteiger charge is 2.13. The monoisotopic (exact) mass is 315 g/mol. The van der Waals surface area contributed by atoms with Crippen LogP contribution in [0, 0.1) is 6.92 Å². The zero-order chi connectivity index (χ0) is 16.1. The fourth-order valence-corrected chi connectivity index (χ4v) is 1.99. The van der Waals surface area contributed by atoms with Crippen molar-refractivity contribution in [3.63, 3.8) is 0 Å². The molecule has 2 N–H and O–H groups in total. The highest BCUT2D eigenvalue weighted by molar-refractivity contribution is 6.32. The van der Waals surface area contributed by atoms with Crippen molar-refractivity contribution in [2.24, 2.45) is 0 Å². The summed E-state index contributed by atoms with van der Waals surface area (Å²) in [6.07, 6.45) is 1.33. The number of carboxylic acid groups (broad SMARTS) is 1. The fraction of sp³-hybridized carbons (Fsp3) is 0.0588. The Kier molecular flexibility index (Phi) is 4.96. The summed E-state index contributed by atoms with van der Waals surface area (Å²) in [4.78, 5) is 23.4. The second-order valence-electron chi connectivity index (χ2n) is 4.70. The van der Waals surface area contributed by atoms with Crippen LogP contribution in [0.2, 0.25) is 5.02 Å². The number of hydrogen-bond donors (Lipinski definition) is 2. The molecule has 0 radical (unpaired) electrons. The van der Waals surface area contributed by atoms with Gasteiger partial charge >= 0.3 is 5.97 Å². The van der Waals surface area contributed by atoms with E-state index in [0.717, 1.165) is 5.56 Å². The standard InChI is InChI=1S/C17H14ClNO3/c1-11-6-8-12(9-7-11)16(20)19-15(17(21)22)10-13-4-2-3-5-14(13)18/h2-10H,1H3,(H,19,20)(H,21,22). The van der Waals surface area contributed by atoms with Gasteiger partial charge < -0.3 is 10.4 Å². The molecule has 2 rings (SSSR count). The minimum absolute atomic E-state index is 0.237. The maximum atomic E-state index is 12.1. The van der Waals surface area contributed by atoms with Gasteiger partial charge in [-0.05, 0) is 36.8 Å². The Morgan fingerprint density at radius 1 is 1.09 bits per heavy atom. The second kappa shape index (κ2) is 6.91. The lowest BCUT2D eigenvalue weighted by molar-refractivity contribution is -0.132. The molecular formula is C17H14ClNO3. The predicted octanol–water partition coefficient (Wildman–Crippen LogP) is 3.50. The van der Waals surface area contributed by atoms with E-state index < -0.39 is 11.9 Å². The summed E-state index contributed by atoms with van der Waals surface area (Å²) < 4.78 is 0. The molecule has 0 aliphatic carbocycles. The molecule has 0 fully saturated rings. The first kappa shape index (κ1) is 15.8.